The van der Waals surface area contributed by atoms with Crippen molar-refractivity contribution in [2.45, 2.75) is 206 Å². The molecule has 0 heterocycles. The van der Waals surface area contributed by atoms with Gasteiger partial charge >= 0.3 is 17.9 Å². The normalized spacial score (nSPS) is 13.7. The zero-order chi connectivity index (χ0) is 47.7. The number of likely N-dealkylation sites (N-methyl/N-ethyl adjacent to an activating group) is 1. The smallest absolute Gasteiger partial charge is 0.362 e. The lowest BCUT2D eigenvalue weighted by Crippen LogP contribution is -2.50. The standard InChI is InChI=1S/C57H95NO7/c1-6-8-10-12-14-16-18-20-22-24-26-27-28-29-30-32-34-36-38-40-42-44-46-48-56(60)65-53(51-63-50-49-54(57(61)62)58(3,4)5)52-64-55(59)47-45-43-41-39-37-35-33-31-25-23-21-19-17-15-13-11-9-7-2/h8,10,14,16,20,22,26-27,29-31,33-34,36,40,42,53-54H,6-7,9,11-13,15,17-19,21,23-25,28,32,35,37-39,41,43-52H2,1-5H3/p+1/b10-8+,16-14+,22-20+,27-26+,30-29+,33-31+,36-34+,42-40+. The van der Waals surface area contributed by atoms with Crippen LogP contribution in [0.2, 0.25) is 0 Å². The molecule has 0 aliphatic carbocycles. The van der Waals surface area contributed by atoms with E-state index in [4.69, 9.17) is 14.2 Å². The van der Waals surface area contributed by atoms with E-state index in [2.05, 4.69) is 111 Å². The van der Waals surface area contributed by atoms with Crippen LogP contribution in [0.1, 0.15) is 194 Å². The van der Waals surface area contributed by atoms with Gasteiger partial charge in [0.2, 0.25) is 0 Å². The first-order chi connectivity index (χ1) is 31.6. The minimum atomic E-state index is -0.888. The van der Waals surface area contributed by atoms with E-state index in [-0.39, 0.29) is 42.7 Å². The van der Waals surface area contributed by atoms with Crippen molar-refractivity contribution in [2.75, 3.05) is 41.0 Å². The van der Waals surface area contributed by atoms with E-state index in [0.717, 1.165) is 83.5 Å². The number of carboxylic acid groups (broad SMARTS) is 1. The Kier molecular flexibility index (Phi) is 44.1. The number of carbonyl (C=O) groups is 3. The molecule has 0 aromatic rings. The Hall–Kier alpha value is -3.75. The SMILES string of the molecule is CC/C=C/C/C=C/C/C=C/C/C=C/C/C=C/C/C=C/C/C=C/CCCC(=O)OC(COCCC(C(=O)O)[N+](C)(C)C)COC(=O)CCCCCCC/C=C/CCCCCCCCCCC. The van der Waals surface area contributed by atoms with Crippen molar-refractivity contribution < 1.29 is 38.2 Å². The molecule has 0 radical (unpaired) electrons. The molecule has 0 saturated heterocycles. The van der Waals surface area contributed by atoms with Crippen LogP contribution < -0.4 is 0 Å². The molecular formula is C57H96NO7+. The minimum Gasteiger partial charge on any atom is -0.477 e. The van der Waals surface area contributed by atoms with Gasteiger partial charge in [-0.1, -0.05) is 182 Å². The Balaban J connectivity index is 4.40. The van der Waals surface area contributed by atoms with Gasteiger partial charge in [-0.05, 0) is 89.9 Å². The topological polar surface area (TPSA) is 99.1 Å². The van der Waals surface area contributed by atoms with E-state index in [1.807, 2.05) is 21.1 Å². The summed E-state index contributed by atoms with van der Waals surface area (Å²) in [5, 5.41) is 9.65. The van der Waals surface area contributed by atoms with Crippen LogP contribution in [-0.2, 0) is 28.6 Å². The highest BCUT2D eigenvalue weighted by atomic mass is 16.6. The van der Waals surface area contributed by atoms with Crippen molar-refractivity contribution in [3.05, 3.63) is 97.2 Å². The summed E-state index contributed by atoms with van der Waals surface area (Å²) in [5.41, 5.74) is 0. The van der Waals surface area contributed by atoms with Gasteiger partial charge in [0.25, 0.3) is 0 Å². The van der Waals surface area contributed by atoms with E-state index >= 15 is 0 Å². The first-order valence-corrected chi connectivity index (χ1v) is 25.8. The van der Waals surface area contributed by atoms with Crippen molar-refractivity contribution in [3.8, 4) is 0 Å². The third kappa shape index (κ3) is 45.2. The highest BCUT2D eigenvalue weighted by Crippen LogP contribution is 2.13. The van der Waals surface area contributed by atoms with Gasteiger partial charge in [-0.25, -0.2) is 4.79 Å². The van der Waals surface area contributed by atoms with Crippen LogP contribution in [0.15, 0.2) is 97.2 Å². The van der Waals surface area contributed by atoms with Crippen LogP contribution in [-0.4, -0.2) is 80.6 Å². The van der Waals surface area contributed by atoms with Gasteiger partial charge in [0.1, 0.15) is 6.61 Å². The maximum Gasteiger partial charge on any atom is 0.362 e. The molecular weight excluding hydrogens is 811 g/mol. The molecule has 0 aromatic carbocycles. The number of hydrogen-bond acceptors (Lipinski definition) is 6. The fraction of sp³-hybridized carbons (Fsp3) is 0.667. The molecule has 8 heteroatoms. The van der Waals surface area contributed by atoms with Crippen LogP contribution in [0, 0.1) is 0 Å². The Morgan fingerprint density at radius 2 is 0.877 bits per heavy atom. The lowest BCUT2D eigenvalue weighted by Gasteiger charge is -2.31. The zero-order valence-corrected chi connectivity index (χ0v) is 42.2. The Labute approximate surface area is 398 Å². The van der Waals surface area contributed by atoms with E-state index in [9.17, 15) is 19.5 Å². The lowest BCUT2D eigenvalue weighted by molar-refractivity contribution is -0.887. The molecule has 2 atom stereocenters. The molecule has 0 saturated carbocycles. The van der Waals surface area contributed by atoms with Gasteiger partial charge in [0.15, 0.2) is 12.1 Å². The van der Waals surface area contributed by atoms with Crippen LogP contribution >= 0.6 is 0 Å². The summed E-state index contributed by atoms with van der Waals surface area (Å²) >= 11 is 0. The Morgan fingerprint density at radius 1 is 0.477 bits per heavy atom. The maximum absolute atomic E-state index is 12.8. The molecule has 0 spiro atoms. The fourth-order valence-corrected chi connectivity index (χ4v) is 7.02. The van der Waals surface area contributed by atoms with E-state index in [1.165, 1.54) is 70.6 Å². The molecule has 1 N–H and O–H groups in total. The average molecular weight is 907 g/mol. The third-order valence-electron chi connectivity index (χ3n) is 11.0. The van der Waals surface area contributed by atoms with Crippen molar-refractivity contribution in [2.24, 2.45) is 0 Å². The quantitative estimate of drug-likeness (QED) is 0.0281. The summed E-state index contributed by atoms with van der Waals surface area (Å²) in [7, 11) is 5.50. The number of rotatable bonds is 45. The van der Waals surface area contributed by atoms with Gasteiger partial charge in [-0.15, -0.1) is 0 Å². The number of aliphatic carboxylic acids is 1. The van der Waals surface area contributed by atoms with Gasteiger partial charge in [-0.3, -0.25) is 9.59 Å². The molecule has 0 aromatic heterocycles. The highest BCUT2D eigenvalue weighted by molar-refractivity contribution is 5.72. The monoisotopic (exact) mass is 907 g/mol. The van der Waals surface area contributed by atoms with Gasteiger partial charge < -0.3 is 23.8 Å². The van der Waals surface area contributed by atoms with Crippen LogP contribution in [0.4, 0.5) is 0 Å². The summed E-state index contributed by atoms with van der Waals surface area (Å²) in [6, 6.07) is -0.632. The van der Waals surface area contributed by atoms with Crippen molar-refractivity contribution in [1.29, 1.82) is 0 Å². The lowest BCUT2D eigenvalue weighted by atomic mass is 10.1. The number of hydrogen-bond donors (Lipinski definition) is 1. The summed E-state index contributed by atoms with van der Waals surface area (Å²) in [4.78, 5) is 37.1. The van der Waals surface area contributed by atoms with Crippen molar-refractivity contribution in [3.63, 3.8) is 0 Å². The molecule has 0 amide bonds. The van der Waals surface area contributed by atoms with Crippen molar-refractivity contribution in [1.82, 2.24) is 0 Å². The second kappa shape index (κ2) is 46.8. The molecule has 8 nitrogen and oxygen atoms in total. The number of carbonyl (C=O) groups excluding carboxylic acids is 2. The molecule has 0 fully saturated rings. The number of esters is 2. The largest absolute Gasteiger partial charge is 0.477 e. The van der Waals surface area contributed by atoms with Crippen LogP contribution in [0.3, 0.4) is 0 Å². The second-order valence-electron chi connectivity index (χ2n) is 18.0. The molecule has 0 bridgehead atoms. The summed E-state index contributed by atoms with van der Waals surface area (Å²) in [5.74, 6) is -1.56. The summed E-state index contributed by atoms with van der Waals surface area (Å²) in [6.45, 7) is 4.55. The predicted octanol–water partition coefficient (Wildman–Crippen LogP) is 15.0. The number of carboxylic acids is 1. The van der Waals surface area contributed by atoms with Gasteiger partial charge in [0, 0.05) is 19.3 Å². The maximum atomic E-state index is 12.8. The fourth-order valence-electron chi connectivity index (χ4n) is 7.02. The molecule has 0 rings (SSSR count). The highest BCUT2D eigenvalue weighted by Gasteiger charge is 2.31. The van der Waals surface area contributed by atoms with Gasteiger partial charge in [0.05, 0.1) is 34.4 Å². The molecule has 0 aliphatic heterocycles. The summed E-state index contributed by atoms with van der Waals surface area (Å²) < 4.78 is 17.3. The second-order valence-corrected chi connectivity index (χ2v) is 18.0. The molecule has 0 aliphatic rings. The van der Waals surface area contributed by atoms with E-state index < -0.39 is 18.1 Å². The van der Waals surface area contributed by atoms with Crippen LogP contribution in [0.5, 0.6) is 0 Å². The Bertz CT molecular complexity index is 1380. The zero-order valence-electron chi connectivity index (χ0n) is 42.2. The first-order valence-electron chi connectivity index (χ1n) is 25.8. The van der Waals surface area contributed by atoms with Crippen molar-refractivity contribution >= 4 is 17.9 Å². The molecule has 2 unspecified atom stereocenters. The Morgan fingerprint density at radius 3 is 1.34 bits per heavy atom. The van der Waals surface area contributed by atoms with E-state index in [0.29, 0.717) is 19.3 Å². The van der Waals surface area contributed by atoms with Gasteiger partial charge in [-0.2, -0.15) is 0 Å². The summed E-state index contributed by atoms with van der Waals surface area (Å²) in [6.07, 6.45) is 63.2. The first kappa shape index (κ1) is 61.2. The van der Waals surface area contributed by atoms with E-state index in [1.54, 1.807) is 0 Å². The number of nitrogens with zero attached hydrogens (tertiary/aromatic N) is 1. The number of ether oxygens (including phenoxy) is 3. The number of quaternary nitrogens is 1. The molecule has 370 valence electrons. The molecule has 65 heavy (non-hydrogen) atoms. The number of allylic oxidation sites excluding steroid dienone is 16. The average Bonchev–Trinajstić information content (AvgIpc) is 3.27. The predicted molar refractivity (Wildman–Crippen MR) is 275 cm³/mol. The van der Waals surface area contributed by atoms with Crippen LogP contribution in [0.25, 0.3) is 0 Å². The third-order valence-corrected chi connectivity index (χ3v) is 11.0. The number of unbranched alkanes of at least 4 members (excludes halogenated alkanes) is 15. The minimum absolute atomic E-state index is 0.0298.